The van der Waals surface area contributed by atoms with E-state index in [0.29, 0.717) is 24.7 Å². The van der Waals surface area contributed by atoms with Gasteiger partial charge in [0.1, 0.15) is 0 Å². The number of nitrogens with one attached hydrogen (secondary N) is 2. The molecule has 2 unspecified atom stereocenters. The second kappa shape index (κ2) is 8.28. The first-order valence-electron chi connectivity index (χ1n) is 7.64. The van der Waals surface area contributed by atoms with Crippen LogP contribution in [0.5, 0.6) is 0 Å². The predicted octanol–water partition coefficient (Wildman–Crippen LogP) is 2.12. The van der Waals surface area contributed by atoms with Gasteiger partial charge in [-0.2, -0.15) is 4.98 Å². The summed E-state index contributed by atoms with van der Waals surface area (Å²) >= 11 is 0. The summed E-state index contributed by atoms with van der Waals surface area (Å²) in [5.74, 6) is 1.06. The highest BCUT2D eigenvalue weighted by atomic mass is 16.5. The molecule has 0 saturated carbocycles. The quantitative estimate of drug-likeness (QED) is 0.726. The summed E-state index contributed by atoms with van der Waals surface area (Å²) in [6, 6.07) is 8.78. The van der Waals surface area contributed by atoms with E-state index in [1.54, 1.807) is 6.92 Å². The van der Waals surface area contributed by atoms with Crippen molar-refractivity contribution in [1.82, 2.24) is 20.8 Å². The Morgan fingerprint density at radius 2 is 2.04 bits per heavy atom. The topological polar surface area (TPSA) is 100 Å². The molecule has 1 aromatic heterocycles. The number of aliphatic hydroxyl groups is 1. The van der Waals surface area contributed by atoms with Crippen LogP contribution in [-0.4, -0.2) is 34.4 Å². The molecular weight excluding hydrogens is 296 g/mol. The summed E-state index contributed by atoms with van der Waals surface area (Å²) in [4.78, 5) is 16.1. The first kappa shape index (κ1) is 17.0. The molecule has 7 heteroatoms. The van der Waals surface area contributed by atoms with Gasteiger partial charge in [0, 0.05) is 18.7 Å². The van der Waals surface area contributed by atoms with E-state index >= 15 is 0 Å². The van der Waals surface area contributed by atoms with E-state index in [9.17, 15) is 4.79 Å². The molecular formula is C16H22N4O3. The van der Waals surface area contributed by atoms with Gasteiger partial charge in [-0.1, -0.05) is 30.3 Å². The summed E-state index contributed by atoms with van der Waals surface area (Å²) in [5.41, 5.74) is 0.834. The predicted molar refractivity (Wildman–Crippen MR) is 85.6 cm³/mol. The van der Waals surface area contributed by atoms with Crippen LogP contribution < -0.4 is 10.6 Å². The molecule has 0 aliphatic rings. The lowest BCUT2D eigenvalue weighted by Gasteiger charge is -2.14. The van der Waals surface area contributed by atoms with Gasteiger partial charge in [0.2, 0.25) is 0 Å². The lowest BCUT2D eigenvalue weighted by molar-refractivity contribution is 0.230. The number of aromatic nitrogens is 2. The molecule has 124 valence electrons. The van der Waals surface area contributed by atoms with Crippen LogP contribution in [0.25, 0.3) is 11.5 Å². The number of nitrogens with zero attached hydrogens (tertiary/aromatic N) is 2. The third-order valence-corrected chi connectivity index (χ3v) is 3.43. The Morgan fingerprint density at radius 3 is 2.74 bits per heavy atom. The number of aliphatic hydroxyl groups excluding tert-OH is 1. The fraction of sp³-hybridized carbons (Fsp3) is 0.438. The van der Waals surface area contributed by atoms with E-state index in [-0.39, 0.29) is 24.6 Å². The number of carbonyl (C=O) groups is 1. The van der Waals surface area contributed by atoms with Crippen LogP contribution in [0, 0.1) is 5.92 Å². The summed E-state index contributed by atoms with van der Waals surface area (Å²) < 4.78 is 5.22. The minimum absolute atomic E-state index is 0.117. The van der Waals surface area contributed by atoms with Crippen molar-refractivity contribution in [2.45, 2.75) is 26.3 Å². The number of rotatable bonds is 7. The third-order valence-electron chi connectivity index (χ3n) is 3.43. The normalized spacial score (nSPS) is 13.3. The van der Waals surface area contributed by atoms with E-state index in [1.807, 2.05) is 37.3 Å². The highest BCUT2D eigenvalue weighted by molar-refractivity contribution is 5.74. The number of hydrogen-bond acceptors (Lipinski definition) is 5. The van der Waals surface area contributed by atoms with Crippen molar-refractivity contribution in [3.8, 4) is 11.5 Å². The maximum atomic E-state index is 11.8. The highest BCUT2D eigenvalue weighted by Crippen LogP contribution is 2.18. The Balaban J connectivity index is 1.87. The second-order valence-electron chi connectivity index (χ2n) is 5.52. The molecule has 0 radical (unpaired) electrons. The minimum Gasteiger partial charge on any atom is -0.396 e. The Bertz CT molecular complexity index is 615. The van der Waals surface area contributed by atoms with Gasteiger partial charge in [-0.15, -0.1) is 0 Å². The molecule has 0 bridgehead atoms. The highest BCUT2D eigenvalue weighted by Gasteiger charge is 2.17. The molecule has 7 nitrogen and oxygen atoms in total. The molecule has 2 atom stereocenters. The molecule has 3 N–H and O–H groups in total. The maximum absolute atomic E-state index is 11.8. The molecule has 0 fully saturated rings. The summed E-state index contributed by atoms with van der Waals surface area (Å²) in [6.45, 7) is 4.37. The zero-order valence-corrected chi connectivity index (χ0v) is 13.3. The lowest BCUT2D eigenvalue weighted by atomic mass is 10.1. The average molecular weight is 318 g/mol. The Morgan fingerprint density at radius 1 is 1.30 bits per heavy atom. The number of benzene rings is 1. The van der Waals surface area contributed by atoms with E-state index in [2.05, 4.69) is 20.8 Å². The first-order valence-corrected chi connectivity index (χ1v) is 7.64. The smallest absolute Gasteiger partial charge is 0.315 e. The van der Waals surface area contributed by atoms with Crippen LogP contribution in [0.1, 0.15) is 32.1 Å². The Labute approximate surface area is 135 Å². The van der Waals surface area contributed by atoms with Gasteiger partial charge in [0.05, 0.1) is 6.04 Å². The van der Waals surface area contributed by atoms with Gasteiger partial charge >= 0.3 is 6.03 Å². The molecule has 2 amide bonds. The van der Waals surface area contributed by atoms with Crippen LogP contribution in [0.4, 0.5) is 4.79 Å². The fourth-order valence-corrected chi connectivity index (χ4v) is 2.01. The van der Waals surface area contributed by atoms with Crippen LogP contribution >= 0.6 is 0 Å². The molecule has 1 aromatic carbocycles. The van der Waals surface area contributed by atoms with Gasteiger partial charge in [-0.05, 0) is 31.4 Å². The zero-order chi connectivity index (χ0) is 16.7. The SMILES string of the molecule is CC(CCO)CNC(=O)NC(C)c1noc(-c2ccccc2)n1. The lowest BCUT2D eigenvalue weighted by Crippen LogP contribution is -2.39. The second-order valence-corrected chi connectivity index (χ2v) is 5.52. The standard InChI is InChI=1S/C16H22N4O3/c1-11(8-9-21)10-17-16(22)18-12(2)14-19-15(23-20-14)13-6-4-3-5-7-13/h3-7,11-12,21H,8-10H2,1-2H3,(H2,17,18,22). The van der Waals surface area contributed by atoms with Gasteiger partial charge in [-0.25, -0.2) is 4.79 Å². The number of hydrogen-bond donors (Lipinski definition) is 3. The molecule has 2 aromatic rings. The van der Waals surface area contributed by atoms with E-state index in [0.717, 1.165) is 5.56 Å². The molecule has 0 aliphatic carbocycles. The molecule has 2 rings (SSSR count). The van der Waals surface area contributed by atoms with Crippen molar-refractivity contribution < 1.29 is 14.4 Å². The molecule has 0 saturated heterocycles. The minimum atomic E-state index is -0.371. The van der Waals surface area contributed by atoms with E-state index in [4.69, 9.17) is 9.63 Å². The fourth-order valence-electron chi connectivity index (χ4n) is 2.01. The third kappa shape index (κ3) is 5.07. The Kier molecular flexibility index (Phi) is 6.10. The summed E-state index contributed by atoms with van der Waals surface area (Å²) in [5, 5.41) is 18.3. The van der Waals surface area contributed by atoms with E-state index < -0.39 is 0 Å². The van der Waals surface area contributed by atoms with Crippen molar-refractivity contribution in [3.05, 3.63) is 36.2 Å². The maximum Gasteiger partial charge on any atom is 0.315 e. The largest absolute Gasteiger partial charge is 0.396 e. The molecule has 0 aliphatic heterocycles. The average Bonchev–Trinajstić information content (AvgIpc) is 3.04. The van der Waals surface area contributed by atoms with Crippen LogP contribution in [-0.2, 0) is 0 Å². The van der Waals surface area contributed by atoms with E-state index in [1.165, 1.54) is 0 Å². The van der Waals surface area contributed by atoms with Crippen molar-refractivity contribution in [3.63, 3.8) is 0 Å². The first-order chi connectivity index (χ1) is 11.1. The number of carbonyl (C=O) groups excluding carboxylic acids is 1. The van der Waals surface area contributed by atoms with Crippen molar-refractivity contribution in [1.29, 1.82) is 0 Å². The van der Waals surface area contributed by atoms with Gasteiger partial charge in [0.25, 0.3) is 5.89 Å². The van der Waals surface area contributed by atoms with Gasteiger partial charge in [-0.3, -0.25) is 0 Å². The van der Waals surface area contributed by atoms with Crippen LogP contribution in [0.15, 0.2) is 34.9 Å². The van der Waals surface area contributed by atoms with Crippen LogP contribution in [0.2, 0.25) is 0 Å². The summed E-state index contributed by atoms with van der Waals surface area (Å²) in [7, 11) is 0. The van der Waals surface area contributed by atoms with Crippen molar-refractivity contribution in [2.75, 3.05) is 13.2 Å². The van der Waals surface area contributed by atoms with Crippen molar-refractivity contribution >= 4 is 6.03 Å². The number of amides is 2. The molecule has 1 heterocycles. The van der Waals surface area contributed by atoms with Crippen molar-refractivity contribution in [2.24, 2.45) is 5.92 Å². The molecule has 0 spiro atoms. The van der Waals surface area contributed by atoms with Gasteiger partial charge < -0.3 is 20.3 Å². The Hall–Kier alpha value is -2.41. The monoisotopic (exact) mass is 318 g/mol. The number of urea groups is 1. The summed E-state index contributed by atoms with van der Waals surface area (Å²) in [6.07, 6.45) is 0.654. The zero-order valence-electron chi connectivity index (χ0n) is 13.3. The van der Waals surface area contributed by atoms with Crippen LogP contribution in [0.3, 0.4) is 0 Å². The van der Waals surface area contributed by atoms with Gasteiger partial charge in [0.15, 0.2) is 5.82 Å². The molecule has 23 heavy (non-hydrogen) atoms.